The van der Waals surface area contributed by atoms with Crippen LogP contribution in [0.5, 0.6) is 0 Å². The molecule has 0 aromatic heterocycles. The van der Waals surface area contributed by atoms with Gasteiger partial charge in [-0.25, -0.2) is 0 Å². The van der Waals surface area contributed by atoms with Gasteiger partial charge in [0, 0.05) is 35.0 Å². The number of benzene rings is 1. The lowest BCUT2D eigenvalue weighted by molar-refractivity contribution is -0.117. The van der Waals surface area contributed by atoms with Crippen LogP contribution < -0.4 is 4.90 Å². The van der Waals surface area contributed by atoms with Crippen LogP contribution in [-0.2, 0) is 4.79 Å². The molecule has 0 spiro atoms. The number of amides is 1. The highest BCUT2D eigenvalue weighted by Gasteiger charge is 2.36. The number of carbonyl (C=O) groups is 1. The summed E-state index contributed by atoms with van der Waals surface area (Å²) in [4.78, 5) is 21.5. The van der Waals surface area contributed by atoms with E-state index in [9.17, 15) is 4.79 Å². The van der Waals surface area contributed by atoms with Crippen LogP contribution in [0.15, 0.2) is 23.2 Å². The van der Waals surface area contributed by atoms with Crippen LogP contribution in [0.1, 0.15) is 46.0 Å². The number of amidine groups is 1. The number of hydrogen-bond acceptors (Lipinski definition) is 3. The Bertz CT molecular complexity index is 671. The SMILES string of the molecule is CCN1C(=NC2CCCCC2)SCC1N(C(C)=O)c1cc(Cl)cc(Cl)c1. The molecule has 26 heavy (non-hydrogen) atoms. The molecule has 0 radical (unpaired) electrons. The Balaban J connectivity index is 1.87. The van der Waals surface area contributed by atoms with Crippen molar-refractivity contribution in [2.45, 2.75) is 58.2 Å². The van der Waals surface area contributed by atoms with Crippen LogP contribution in [-0.4, -0.2) is 40.5 Å². The van der Waals surface area contributed by atoms with Gasteiger partial charge in [0.15, 0.2) is 5.17 Å². The van der Waals surface area contributed by atoms with Gasteiger partial charge >= 0.3 is 0 Å². The summed E-state index contributed by atoms with van der Waals surface area (Å²) in [7, 11) is 0. The molecule has 0 bridgehead atoms. The van der Waals surface area contributed by atoms with E-state index in [2.05, 4.69) is 11.8 Å². The largest absolute Gasteiger partial charge is 0.330 e. The number of halogens is 2. The molecule has 1 aliphatic carbocycles. The van der Waals surface area contributed by atoms with Gasteiger partial charge in [-0.3, -0.25) is 14.7 Å². The minimum atomic E-state index is -0.0700. The van der Waals surface area contributed by atoms with Gasteiger partial charge in [0.1, 0.15) is 6.17 Å². The van der Waals surface area contributed by atoms with Crippen LogP contribution in [0.2, 0.25) is 10.0 Å². The van der Waals surface area contributed by atoms with Gasteiger partial charge in [0.25, 0.3) is 0 Å². The zero-order valence-electron chi connectivity index (χ0n) is 15.3. The van der Waals surface area contributed by atoms with E-state index in [1.807, 2.05) is 0 Å². The lowest BCUT2D eigenvalue weighted by atomic mass is 9.96. The van der Waals surface area contributed by atoms with Crippen molar-refractivity contribution < 1.29 is 4.79 Å². The van der Waals surface area contributed by atoms with Gasteiger partial charge in [-0.05, 0) is 38.0 Å². The lowest BCUT2D eigenvalue weighted by Crippen LogP contribution is -2.50. The molecule has 7 heteroatoms. The molecule has 1 amide bonds. The van der Waals surface area contributed by atoms with E-state index in [1.165, 1.54) is 32.1 Å². The lowest BCUT2D eigenvalue weighted by Gasteiger charge is -2.35. The van der Waals surface area contributed by atoms with Gasteiger partial charge < -0.3 is 4.90 Å². The molecule has 1 saturated heterocycles. The quantitative estimate of drug-likeness (QED) is 0.659. The smallest absolute Gasteiger partial charge is 0.225 e. The topological polar surface area (TPSA) is 35.9 Å². The normalized spacial score (nSPS) is 22.8. The maximum Gasteiger partial charge on any atom is 0.225 e. The fourth-order valence-electron chi connectivity index (χ4n) is 3.73. The Labute approximate surface area is 169 Å². The Morgan fingerprint density at radius 2 is 1.88 bits per heavy atom. The molecule has 1 atom stereocenters. The molecule has 1 aromatic carbocycles. The zero-order chi connectivity index (χ0) is 18.7. The molecule has 3 rings (SSSR count). The minimum Gasteiger partial charge on any atom is -0.330 e. The van der Waals surface area contributed by atoms with Gasteiger partial charge in [0.05, 0.1) is 6.04 Å². The van der Waals surface area contributed by atoms with Gasteiger partial charge in [-0.2, -0.15) is 0 Å². The number of rotatable bonds is 4. The number of nitrogens with zero attached hydrogens (tertiary/aromatic N) is 3. The van der Waals surface area contributed by atoms with Crippen molar-refractivity contribution in [2.75, 3.05) is 17.2 Å². The molecular formula is C19H25Cl2N3OS. The Morgan fingerprint density at radius 3 is 2.46 bits per heavy atom. The number of hydrogen-bond donors (Lipinski definition) is 0. The maximum atomic E-state index is 12.5. The summed E-state index contributed by atoms with van der Waals surface area (Å²) in [6.45, 7) is 4.50. The monoisotopic (exact) mass is 413 g/mol. The molecule has 2 aliphatic rings. The van der Waals surface area contributed by atoms with E-state index in [4.69, 9.17) is 28.2 Å². The Kier molecular flexibility index (Phi) is 6.76. The number of thioether (sulfide) groups is 1. The van der Waals surface area contributed by atoms with E-state index in [1.54, 1.807) is 41.8 Å². The first-order valence-electron chi connectivity index (χ1n) is 9.22. The molecule has 1 aromatic rings. The highest BCUT2D eigenvalue weighted by atomic mass is 35.5. The molecule has 142 valence electrons. The predicted molar refractivity (Wildman–Crippen MR) is 113 cm³/mol. The first-order valence-corrected chi connectivity index (χ1v) is 11.0. The van der Waals surface area contributed by atoms with E-state index in [-0.39, 0.29) is 12.1 Å². The van der Waals surface area contributed by atoms with Gasteiger partial charge in [0.2, 0.25) is 5.91 Å². The van der Waals surface area contributed by atoms with Crippen molar-refractivity contribution in [3.8, 4) is 0 Å². The van der Waals surface area contributed by atoms with Crippen LogP contribution in [0.3, 0.4) is 0 Å². The molecule has 1 aliphatic heterocycles. The van der Waals surface area contributed by atoms with E-state index < -0.39 is 0 Å². The van der Waals surface area contributed by atoms with E-state index in [0.29, 0.717) is 16.1 Å². The summed E-state index contributed by atoms with van der Waals surface area (Å²) in [6, 6.07) is 5.69. The highest BCUT2D eigenvalue weighted by Crippen LogP contribution is 2.34. The van der Waals surface area contributed by atoms with Crippen LogP contribution >= 0.6 is 35.0 Å². The fraction of sp³-hybridized carbons (Fsp3) is 0.579. The second-order valence-electron chi connectivity index (χ2n) is 6.80. The predicted octanol–water partition coefficient (Wildman–Crippen LogP) is 5.43. The van der Waals surface area contributed by atoms with E-state index in [0.717, 1.165) is 23.2 Å². The molecule has 0 N–H and O–H groups in total. The molecule has 1 saturated carbocycles. The molecule has 4 nitrogen and oxygen atoms in total. The van der Waals surface area contributed by atoms with Crippen molar-refractivity contribution in [3.63, 3.8) is 0 Å². The highest BCUT2D eigenvalue weighted by molar-refractivity contribution is 8.14. The third-order valence-corrected chi connectivity index (χ3v) is 6.44. The van der Waals surface area contributed by atoms with Gasteiger partial charge in [-0.15, -0.1) is 0 Å². The summed E-state index contributed by atoms with van der Waals surface area (Å²) < 4.78 is 0. The first-order chi connectivity index (χ1) is 12.5. The summed E-state index contributed by atoms with van der Waals surface area (Å²) in [5, 5.41) is 2.12. The number of aliphatic imine (C=N–C) groups is 1. The van der Waals surface area contributed by atoms with Crippen LogP contribution in [0.4, 0.5) is 5.69 Å². The molecule has 1 unspecified atom stereocenters. The Morgan fingerprint density at radius 1 is 1.23 bits per heavy atom. The minimum absolute atomic E-state index is 0.0219. The maximum absolute atomic E-state index is 12.5. The zero-order valence-corrected chi connectivity index (χ0v) is 17.6. The molecule has 1 heterocycles. The summed E-state index contributed by atoms with van der Waals surface area (Å²) in [5.74, 6) is 0.773. The van der Waals surface area contributed by atoms with Crippen LogP contribution in [0.25, 0.3) is 0 Å². The van der Waals surface area contributed by atoms with Crippen molar-refractivity contribution in [3.05, 3.63) is 28.2 Å². The van der Waals surface area contributed by atoms with Crippen molar-refractivity contribution in [2.24, 2.45) is 4.99 Å². The molecule has 2 fully saturated rings. The Hall–Kier alpha value is -0.910. The van der Waals surface area contributed by atoms with E-state index >= 15 is 0 Å². The number of carbonyl (C=O) groups excluding carboxylic acids is 1. The summed E-state index contributed by atoms with van der Waals surface area (Å²) in [5.41, 5.74) is 0.734. The average molecular weight is 414 g/mol. The van der Waals surface area contributed by atoms with Crippen LogP contribution in [0, 0.1) is 0 Å². The summed E-state index contributed by atoms with van der Waals surface area (Å²) >= 11 is 14.1. The van der Waals surface area contributed by atoms with Crippen molar-refractivity contribution >= 4 is 51.7 Å². The van der Waals surface area contributed by atoms with Crippen molar-refractivity contribution in [1.82, 2.24) is 4.90 Å². The second kappa shape index (κ2) is 8.85. The molecular weight excluding hydrogens is 389 g/mol. The third-order valence-electron chi connectivity index (χ3n) is 4.94. The number of anilines is 1. The van der Waals surface area contributed by atoms with Crippen molar-refractivity contribution in [1.29, 1.82) is 0 Å². The third kappa shape index (κ3) is 4.49. The fourth-order valence-corrected chi connectivity index (χ4v) is 5.51. The second-order valence-corrected chi connectivity index (χ2v) is 8.66. The standard InChI is InChI=1S/C19H25Cl2N3OS/c1-3-23-18(12-26-19(23)22-16-7-5-4-6-8-16)24(13(2)25)17-10-14(20)9-15(21)11-17/h9-11,16,18H,3-8,12H2,1-2H3. The first kappa shape index (κ1) is 19.8. The van der Waals surface area contributed by atoms with Gasteiger partial charge in [-0.1, -0.05) is 54.2 Å². The summed E-state index contributed by atoms with van der Waals surface area (Å²) in [6.07, 6.45) is 6.13. The average Bonchev–Trinajstić information content (AvgIpc) is 2.97.